The molecule has 1 aromatic carbocycles. The molecule has 0 bridgehead atoms. The number of nitrogens with zero attached hydrogens (tertiary/aromatic N) is 1. The summed E-state index contributed by atoms with van der Waals surface area (Å²) in [6.45, 7) is 0.423. The van der Waals surface area contributed by atoms with Crippen LogP contribution in [0.25, 0.3) is 0 Å². The second-order valence-electron chi connectivity index (χ2n) is 3.91. The smallest absolute Gasteiger partial charge is 0.366 e. The number of hydrogen-bond donors (Lipinski definition) is 1. The van der Waals surface area contributed by atoms with Crippen molar-refractivity contribution in [3.8, 4) is 0 Å². The van der Waals surface area contributed by atoms with Gasteiger partial charge in [0.15, 0.2) is 0 Å². The van der Waals surface area contributed by atoms with E-state index in [4.69, 9.17) is 0 Å². The number of hydrogen-bond acceptors (Lipinski definition) is 2. The van der Waals surface area contributed by atoms with Crippen molar-refractivity contribution >= 4 is 21.7 Å². The molecule has 1 N–H and O–H groups in total. The molecule has 0 saturated heterocycles. The van der Waals surface area contributed by atoms with Crippen molar-refractivity contribution < 1.29 is 428 Å². The molecule has 1 aromatic heterocycles. The third kappa shape index (κ3) is 33.2. The predicted molar refractivity (Wildman–Crippen MR) is 70.7 cm³/mol. The average Bonchev–Trinajstić information content (AvgIpc) is 2.37. The zero-order valence-corrected chi connectivity index (χ0v) is 23.0. The molecule has 2 rings (SSSR count). The van der Waals surface area contributed by atoms with Gasteiger partial charge in [0.1, 0.15) is 5.82 Å². The fourth-order valence-electron chi connectivity index (χ4n) is 1.48. The van der Waals surface area contributed by atoms with Gasteiger partial charge in [0.05, 0.1) is 5.56 Å². The van der Waals surface area contributed by atoms with E-state index in [0.29, 0.717) is 12.4 Å². The van der Waals surface area contributed by atoms with Crippen molar-refractivity contribution in [1.29, 1.82) is 0 Å². The first-order chi connectivity index (χ1) is 8.95. The van der Waals surface area contributed by atoms with Gasteiger partial charge >= 0.3 is 6.18 Å². The van der Waals surface area contributed by atoms with Crippen LogP contribution in [0.2, 0.25) is 0 Å². The molecule has 0 unspecified atom stereocenters. The number of benzene rings is 1. The maximum Gasteiger partial charge on any atom is 0.416 e. The largest absolute Gasteiger partial charge is 0.416 e. The summed E-state index contributed by atoms with van der Waals surface area (Å²) in [5.41, 5.74) is 0.121. The third-order valence-electron chi connectivity index (χ3n) is 2.48. The number of aromatic nitrogens is 1. The van der Waals surface area contributed by atoms with Crippen LogP contribution in [0.15, 0.2) is 47.1 Å². The Kier molecular flexibility index (Phi) is 95.2. The van der Waals surface area contributed by atoms with Gasteiger partial charge in [-0.1, -0.05) is 12.1 Å². The van der Waals surface area contributed by atoms with E-state index in [1.54, 1.807) is 12.3 Å². The van der Waals surface area contributed by atoms with Gasteiger partial charge in [0.25, 0.3) is 0 Å². The molecule has 0 spiro atoms. The van der Waals surface area contributed by atoms with Crippen LogP contribution in [-0.4, -0.2) is 4.98 Å². The molecule has 0 aliphatic heterocycles. The Morgan fingerprint density at radius 3 is 1.47 bits per heavy atom. The number of nitrogens with one attached hydrogen (secondary N) is 1. The fraction of sp³-hybridized carbons (Fsp3) is 0.154. The summed E-state index contributed by atoms with van der Waals surface area (Å²) in [6, 6.07) is 8.68. The zero-order chi connectivity index (χ0) is 13.9. The van der Waals surface area contributed by atoms with E-state index in [0.717, 1.165) is 22.2 Å². The number of alkyl halides is 3. The topological polar surface area (TPSA) is 24.9 Å². The van der Waals surface area contributed by atoms with Crippen LogP contribution < -0.4 is 5.32 Å². The second-order valence-corrected chi connectivity index (χ2v) is 4.83. The van der Waals surface area contributed by atoms with Crippen LogP contribution in [0.4, 0.5) is 19.0 Å². The molecule has 1 heterocycles. The van der Waals surface area contributed by atoms with E-state index in [1.165, 1.54) is 12.1 Å². The van der Waals surface area contributed by atoms with E-state index >= 15 is 0 Å². The van der Waals surface area contributed by atoms with E-state index in [1.807, 2.05) is 6.07 Å². The Morgan fingerprint density at radius 2 is 1.13 bits per heavy atom. The van der Waals surface area contributed by atoms with E-state index in [2.05, 4.69) is 26.2 Å². The van der Waals surface area contributed by atoms with Crippen LogP contribution in [0.1, 0.15) is 11.1 Å². The summed E-state index contributed by atoms with van der Waals surface area (Å²) in [5.74, 6) is 0.670. The van der Waals surface area contributed by atoms with Gasteiger partial charge in [-0.2, -0.15) is 13.2 Å². The van der Waals surface area contributed by atoms with Crippen LogP contribution in [0, 0.1) is 415 Å². The molecule has 0 fully saturated rings. The fourth-order valence-corrected chi connectivity index (χ4v) is 1.72. The maximum atomic E-state index is 12.4. The number of anilines is 1. The van der Waals surface area contributed by atoms with Gasteiger partial charge in [-0.25, -0.2) is 4.98 Å². The minimum atomic E-state index is -4.29. The Bertz CT molecular complexity index is 564. The molecule has 30 heavy (non-hydrogen) atoms. The van der Waals surface area contributed by atoms with Crippen molar-refractivity contribution in [2.45, 2.75) is 12.7 Å². The van der Waals surface area contributed by atoms with E-state index in [9.17, 15) is 13.2 Å². The Balaban J connectivity index is -0.0000000455. The Labute approximate surface area is 514 Å². The zero-order valence-electron chi connectivity index (χ0n) is 13.6. The SMILES string of the molecule is FC(F)(F)c1ccc(CNc2ccc(Br)cn2)cc1.[Ar].[Ar].[Ar].[Ar].[Ar].[Ar].[Ar].[Ar].[Ar].[Ar].[Ar]. The van der Waals surface area contributed by atoms with Gasteiger partial charge < -0.3 is 5.32 Å². The summed E-state index contributed by atoms with van der Waals surface area (Å²) in [5, 5.41) is 3.03. The minimum Gasteiger partial charge on any atom is -0.366 e. The molecule has 0 amide bonds. The minimum absolute atomic E-state index is 0. The molecule has 2 aromatic rings. The van der Waals surface area contributed by atoms with Crippen molar-refractivity contribution in [1.82, 2.24) is 4.98 Å². The van der Waals surface area contributed by atoms with Crippen LogP contribution in [-0.2, 0) is 12.7 Å². The first kappa shape index (κ1) is 69.2. The molecule has 0 aliphatic rings. The van der Waals surface area contributed by atoms with E-state index in [-0.39, 0.29) is 415 Å². The van der Waals surface area contributed by atoms with Crippen molar-refractivity contribution in [3.63, 3.8) is 0 Å². The molecule has 2 nitrogen and oxygen atoms in total. The van der Waals surface area contributed by atoms with Crippen LogP contribution in [0.5, 0.6) is 0 Å². The Morgan fingerprint density at radius 1 is 0.700 bits per heavy atom. The van der Waals surface area contributed by atoms with Gasteiger partial charge in [-0.15, -0.1) is 0 Å². The number of pyridine rings is 1. The molecular formula is C13H10Ar11BrF3N2. The summed E-state index contributed by atoms with van der Waals surface area (Å²) in [7, 11) is 0. The average molecular weight is 771 g/mol. The molecule has 0 atom stereocenters. The normalized spacial score (nSPS) is 7.20. The van der Waals surface area contributed by atoms with Crippen molar-refractivity contribution in [2.75, 3.05) is 5.32 Å². The third-order valence-corrected chi connectivity index (χ3v) is 2.95. The molecule has 0 aliphatic carbocycles. The number of rotatable bonds is 3. The van der Waals surface area contributed by atoms with Crippen molar-refractivity contribution in [2.24, 2.45) is 0 Å². The van der Waals surface area contributed by atoms with Gasteiger partial charge in [-0.05, 0) is 45.8 Å². The van der Waals surface area contributed by atoms with Crippen LogP contribution in [0.3, 0.4) is 0 Å². The monoisotopic (exact) mass is 770 g/mol. The quantitative estimate of drug-likeness (QED) is 0.499. The van der Waals surface area contributed by atoms with E-state index < -0.39 is 11.7 Å². The first-order valence-electron chi connectivity index (χ1n) is 5.47. The van der Waals surface area contributed by atoms with Gasteiger partial charge in [0, 0.05) is 432 Å². The Hall–Kier alpha value is 12.3. The number of halogens is 4. The summed E-state index contributed by atoms with van der Waals surface area (Å²) < 4.78 is 38.0. The van der Waals surface area contributed by atoms with Gasteiger partial charge in [-0.3, -0.25) is 0 Å². The molecule has 0 radical (unpaired) electrons. The predicted octanol–water partition coefficient (Wildman–Crippen LogP) is 4.48. The first-order valence-corrected chi connectivity index (χ1v) is 6.26. The summed E-state index contributed by atoms with van der Waals surface area (Å²) >= 11 is 3.27. The molecular weight excluding hydrogens is 760 g/mol. The molecule has 17 heteroatoms. The standard InChI is InChI=1S/C13H10BrF3N2.11Ar/c14-11-5-6-12(19-8-11)18-7-9-1-3-10(4-2-9)13(15,16)17;;;;;;;;;;;/h1-6,8H,7H2,(H,18,19);;;;;;;;;;;. The van der Waals surface area contributed by atoms with Gasteiger partial charge in [0.2, 0.25) is 0 Å². The summed E-state index contributed by atoms with van der Waals surface area (Å²) in [4.78, 5) is 4.11. The molecule has 0 saturated carbocycles. The molecule has 188 valence electrons. The summed E-state index contributed by atoms with van der Waals surface area (Å²) in [6.07, 6.45) is -2.64. The maximum absolute atomic E-state index is 12.4. The van der Waals surface area contributed by atoms with Crippen molar-refractivity contribution in [3.05, 3.63) is 58.2 Å². The second kappa shape index (κ2) is 41.3. The van der Waals surface area contributed by atoms with Crippen LogP contribution >= 0.6 is 15.9 Å².